The van der Waals surface area contributed by atoms with Crippen LogP contribution in [-0.4, -0.2) is 36.7 Å². The van der Waals surface area contributed by atoms with Crippen LogP contribution in [0.25, 0.3) is 0 Å². The van der Waals surface area contributed by atoms with Crippen LogP contribution in [0.5, 0.6) is 0 Å². The van der Waals surface area contributed by atoms with E-state index in [2.05, 4.69) is 17.4 Å². The number of carbonyl (C=O) groups is 2. The van der Waals surface area contributed by atoms with Gasteiger partial charge in [0.15, 0.2) is 0 Å². The molecule has 26 heavy (non-hydrogen) atoms. The van der Waals surface area contributed by atoms with Crippen molar-refractivity contribution >= 4 is 11.9 Å². The summed E-state index contributed by atoms with van der Waals surface area (Å²) in [4.78, 5) is 23.9. The summed E-state index contributed by atoms with van der Waals surface area (Å²) < 4.78 is 5.52. The highest BCUT2D eigenvalue weighted by Gasteiger charge is 2.34. The maximum atomic E-state index is 12.7. The first-order valence-electron chi connectivity index (χ1n) is 8.77. The number of aromatic carboxylic acids is 1. The van der Waals surface area contributed by atoms with Gasteiger partial charge in [0.25, 0.3) is 5.91 Å². The number of benzene rings is 2. The van der Waals surface area contributed by atoms with Crippen molar-refractivity contribution in [2.45, 2.75) is 25.2 Å². The third-order valence-corrected chi connectivity index (χ3v) is 5.01. The monoisotopic (exact) mass is 353 g/mol. The minimum Gasteiger partial charge on any atom is -0.478 e. The van der Waals surface area contributed by atoms with E-state index in [1.165, 1.54) is 11.6 Å². The second-order valence-corrected chi connectivity index (χ2v) is 6.83. The van der Waals surface area contributed by atoms with E-state index in [-0.39, 0.29) is 16.9 Å². The van der Waals surface area contributed by atoms with Gasteiger partial charge in [-0.3, -0.25) is 4.79 Å². The second kappa shape index (κ2) is 7.70. The number of rotatable bonds is 5. The topological polar surface area (TPSA) is 75.6 Å². The summed E-state index contributed by atoms with van der Waals surface area (Å²) >= 11 is 0. The fourth-order valence-corrected chi connectivity index (χ4v) is 3.51. The molecule has 0 saturated carbocycles. The first kappa shape index (κ1) is 18.1. The third-order valence-electron chi connectivity index (χ3n) is 5.01. The molecule has 1 amide bonds. The number of hydrogen-bond donors (Lipinski definition) is 2. The first-order valence-corrected chi connectivity index (χ1v) is 8.77. The lowest BCUT2D eigenvalue weighted by molar-refractivity contribution is 0.0487. The predicted octanol–water partition coefficient (Wildman–Crippen LogP) is 3.17. The van der Waals surface area contributed by atoms with E-state index in [4.69, 9.17) is 4.74 Å². The van der Waals surface area contributed by atoms with E-state index >= 15 is 0 Å². The van der Waals surface area contributed by atoms with Gasteiger partial charge in [-0.15, -0.1) is 0 Å². The van der Waals surface area contributed by atoms with E-state index in [0.29, 0.717) is 25.3 Å². The van der Waals surface area contributed by atoms with Crippen molar-refractivity contribution in [3.05, 3.63) is 70.8 Å². The van der Waals surface area contributed by atoms with Crippen molar-refractivity contribution < 1.29 is 19.4 Å². The largest absolute Gasteiger partial charge is 0.478 e. The lowest BCUT2D eigenvalue weighted by Gasteiger charge is -2.38. The van der Waals surface area contributed by atoms with Gasteiger partial charge < -0.3 is 15.2 Å². The number of carboxylic acids is 1. The van der Waals surface area contributed by atoms with Gasteiger partial charge in [0.1, 0.15) is 0 Å². The average molecular weight is 353 g/mol. The van der Waals surface area contributed by atoms with Gasteiger partial charge in [-0.1, -0.05) is 30.3 Å². The second-order valence-electron chi connectivity index (χ2n) is 6.83. The molecule has 136 valence electrons. The highest BCUT2D eigenvalue weighted by molar-refractivity contribution is 5.97. The molecule has 3 rings (SSSR count). The average Bonchev–Trinajstić information content (AvgIpc) is 2.67. The fourth-order valence-electron chi connectivity index (χ4n) is 3.51. The van der Waals surface area contributed by atoms with E-state index in [1.807, 2.05) is 18.2 Å². The normalized spacial score (nSPS) is 16.0. The summed E-state index contributed by atoms with van der Waals surface area (Å²) in [6.45, 7) is 3.61. The number of ether oxygens (including phenoxy) is 1. The molecule has 2 N–H and O–H groups in total. The Labute approximate surface area is 153 Å². The SMILES string of the molecule is Cc1cc(C(=O)O)cc(C(=O)NCC2(c3ccccc3)CCOCC2)c1. The first-order chi connectivity index (χ1) is 12.5. The summed E-state index contributed by atoms with van der Waals surface area (Å²) in [6.07, 6.45) is 1.68. The Kier molecular flexibility index (Phi) is 5.38. The standard InChI is InChI=1S/C21H23NO4/c1-15-11-16(13-17(12-15)20(24)25)19(23)22-14-21(7-9-26-10-8-21)18-5-3-2-4-6-18/h2-6,11-13H,7-10,14H2,1H3,(H,22,23)(H,24,25). The Morgan fingerprint density at radius 3 is 2.38 bits per heavy atom. The molecule has 0 unspecified atom stereocenters. The van der Waals surface area contributed by atoms with E-state index in [0.717, 1.165) is 18.4 Å². The lowest BCUT2D eigenvalue weighted by Crippen LogP contribution is -2.44. The summed E-state index contributed by atoms with van der Waals surface area (Å²) in [5.41, 5.74) is 2.28. The van der Waals surface area contributed by atoms with E-state index in [1.54, 1.807) is 19.1 Å². The highest BCUT2D eigenvalue weighted by atomic mass is 16.5. The molecule has 0 atom stereocenters. The Morgan fingerprint density at radius 1 is 1.08 bits per heavy atom. The van der Waals surface area contributed by atoms with E-state index in [9.17, 15) is 14.7 Å². The molecule has 1 heterocycles. The molecule has 5 heteroatoms. The van der Waals surface area contributed by atoms with Gasteiger partial charge in [-0.05, 0) is 49.1 Å². The van der Waals surface area contributed by atoms with Crippen molar-refractivity contribution in [2.24, 2.45) is 0 Å². The number of hydrogen-bond acceptors (Lipinski definition) is 3. The highest BCUT2D eigenvalue weighted by Crippen LogP contribution is 2.34. The van der Waals surface area contributed by atoms with Gasteiger partial charge in [0.2, 0.25) is 0 Å². The molecule has 0 bridgehead atoms. The van der Waals surface area contributed by atoms with Crippen molar-refractivity contribution in [3.63, 3.8) is 0 Å². The van der Waals surface area contributed by atoms with Crippen LogP contribution < -0.4 is 5.32 Å². The van der Waals surface area contributed by atoms with Crippen LogP contribution in [0.3, 0.4) is 0 Å². The number of amides is 1. The van der Waals surface area contributed by atoms with Crippen LogP contribution in [0, 0.1) is 6.92 Å². The molecule has 2 aromatic rings. The zero-order chi connectivity index (χ0) is 18.6. The molecule has 5 nitrogen and oxygen atoms in total. The van der Waals surface area contributed by atoms with Gasteiger partial charge in [0, 0.05) is 30.7 Å². The number of carboxylic acid groups (broad SMARTS) is 1. The quantitative estimate of drug-likeness (QED) is 0.866. The molecule has 1 aliphatic rings. The van der Waals surface area contributed by atoms with E-state index < -0.39 is 5.97 Å². The van der Waals surface area contributed by atoms with Crippen LogP contribution >= 0.6 is 0 Å². The van der Waals surface area contributed by atoms with Crippen LogP contribution in [0.4, 0.5) is 0 Å². The molecule has 1 saturated heterocycles. The number of aryl methyl sites for hydroxylation is 1. The molecule has 0 aromatic heterocycles. The summed E-state index contributed by atoms with van der Waals surface area (Å²) in [6, 6.07) is 14.9. The zero-order valence-corrected chi connectivity index (χ0v) is 14.8. The lowest BCUT2D eigenvalue weighted by atomic mass is 9.74. The van der Waals surface area contributed by atoms with Crippen LogP contribution in [0.2, 0.25) is 0 Å². The van der Waals surface area contributed by atoms with Crippen LogP contribution in [0.15, 0.2) is 48.5 Å². The summed E-state index contributed by atoms with van der Waals surface area (Å²) in [5, 5.41) is 12.2. The Hall–Kier alpha value is -2.66. The van der Waals surface area contributed by atoms with Crippen molar-refractivity contribution in [1.82, 2.24) is 5.32 Å². The van der Waals surface area contributed by atoms with Crippen molar-refractivity contribution in [2.75, 3.05) is 19.8 Å². The Balaban J connectivity index is 1.79. The summed E-state index contributed by atoms with van der Waals surface area (Å²) in [7, 11) is 0. The molecule has 2 aromatic carbocycles. The smallest absolute Gasteiger partial charge is 0.335 e. The summed E-state index contributed by atoms with van der Waals surface area (Å²) in [5.74, 6) is -1.29. The van der Waals surface area contributed by atoms with Crippen molar-refractivity contribution in [3.8, 4) is 0 Å². The predicted molar refractivity (Wildman–Crippen MR) is 98.6 cm³/mol. The molecule has 1 fully saturated rings. The molecule has 0 spiro atoms. The zero-order valence-electron chi connectivity index (χ0n) is 14.8. The fraction of sp³-hybridized carbons (Fsp3) is 0.333. The third kappa shape index (κ3) is 3.94. The van der Waals surface area contributed by atoms with Gasteiger partial charge >= 0.3 is 5.97 Å². The number of carbonyl (C=O) groups excluding carboxylic acids is 1. The number of nitrogens with one attached hydrogen (secondary N) is 1. The minimum absolute atomic E-state index is 0.124. The van der Waals surface area contributed by atoms with Gasteiger partial charge in [0.05, 0.1) is 5.56 Å². The molecule has 0 radical (unpaired) electrons. The molecule has 1 aliphatic heterocycles. The van der Waals surface area contributed by atoms with Gasteiger partial charge in [-0.2, -0.15) is 0 Å². The Morgan fingerprint density at radius 2 is 1.73 bits per heavy atom. The van der Waals surface area contributed by atoms with Crippen molar-refractivity contribution in [1.29, 1.82) is 0 Å². The maximum Gasteiger partial charge on any atom is 0.335 e. The van der Waals surface area contributed by atoms with Crippen LogP contribution in [0.1, 0.15) is 44.7 Å². The maximum absolute atomic E-state index is 12.7. The van der Waals surface area contributed by atoms with Crippen LogP contribution in [-0.2, 0) is 10.2 Å². The minimum atomic E-state index is -1.03. The molecular weight excluding hydrogens is 330 g/mol. The molecule has 0 aliphatic carbocycles. The van der Waals surface area contributed by atoms with Gasteiger partial charge in [-0.25, -0.2) is 4.79 Å². The Bertz CT molecular complexity index is 795. The molecular formula is C21H23NO4.